The second kappa shape index (κ2) is 5.89. The van der Waals surface area contributed by atoms with Crippen LogP contribution in [0.5, 0.6) is 5.75 Å². The molecule has 4 heteroatoms. The average Bonchev–Trinajstić information content (AvgIpc) is 3.01. The SMILES string of the molecule is Cn1cccc1C1C(=O)Oc2ccccc2N1Cc1ccccc1. The van der Waals surface area contributed by atoms with E-state index in [0.29, 0.717) is 12.3 Å². The van der Waals surface area contributed by atoms with E-state index < -0.39 is 6.04 Å². The summed E-state index contributed by atoms with van der Waals surface area (Å²) in [5.74, 6) is 0.371. The lowest BCUT2D eigenvalue weighted by Crippen LogP contribution is -2.40. The van der Waals surface area contributed by atoms with Gasteiger partial charge in [0, 0.05) is 19.8 Å². The minimum Gasteiger partial charge on any atom is -0.422 e. The highest BCUT2D eigenvalue weighted by atomic mass is 16.5. The number of aryl methyl sites for hydroxylation is 1. The van der Waals surface area contributed by atoms with Gasteiger partial charge in [0.05, 0.1) is 11.4 Å². The number of carbonyl (C=O) groups excluding carboxylic acids is 1. The van der Waals surface area contributed by atoms with Crippen LogP contribution >= 0.6 is 0 Å². The molecule has 0 saturated heterocycles. The van der Waals surface area contributed by atoms with Crippen molar-refractivity contribution in [2.75, 3.05) is 4.90 Å². The molecule has 1 aliphatic heterocycles. The van der Waals surface area contributed by atoms with Gasteiger partial charge in [-0.05, 0) is 29.8 Å². The third-order valence-corrected chi connectivity index (χ3v) is 4.38. The molecule has 0 fully saturated rings. The molecule has 120 valence electrons. The topological polar surface area (TPSA) is 34.5 Å². The quantitative estimate of drug-likeness (QED) is 0.545. The Bertz CT molecular complexity index is 870. The normalized spacial score (nSPS) is 16.6. The fourth-order valence-corrected chi connectivity index (χ4v) is 3.21. The molecule has 2 heterocycles. The molecule has 0 bridgehead atoms. The Labute approximate surface area is 140 Å². The van der Waals surface area contributed by atoms with Crippen molar-refractivity contribution in [3.05, 3.63) is 84.2 Å². The predicted molar refractivity (Wildman–Crippen MR) is 92.9 cm³/mol. The van der Waals surface area contributed by atoms with Gasteiger partial charge in [-0.3, -0.25) is 0 Å². The van der Waals surface area contributed by atoms with E-state index in [4.69, 9.17) is 4.74 Å². The van der Waals surface area contributed by atoms with Gasteiger partial charge in [0.25, 0.3) is 0 Å². The summed E-state index contributed by atoms with van der Waals surface area (Å²) in [7, 11) is 1.95. The average molecular weight is 318 g/mol. The molecule has 0 amide bonds. The Balaban J connectivity index is 1.82. The van der Waals surface area contributed by atoms with Crippen LogP contribution in [0.15, 0.2) is 72.9 Å². The summed E-state index contributed by atoms with van der Waals surface area (Å²) in [4.78, 5) is 14.8. The van der Waals surface area contributed by atoms with E-state index in [1.165, 1.54) is 0 Å². The largest absolute Gasteiger partial charge is 0.422 e. The number of anilines is 1. The van der Waals surface area contributed by atoms with Crippen LogP contribution in [0.4, 0.5) is 5.69 Å². The van der Waals surface area contributed by atoms with Crippen molar-refractivity contribution in [2.45, 2.75) is 12.6 Å². The molecule has 3 aromatic rings. The summed E-state index contributed by atoms with van der Waals surface area (Å²) in [5, 5.41) is 0. The monoisotopic (exact) mass is 318 g/mol. The zero-order chi connectivity index (χ0) is 16.5. The maximum absolute atomic E-state index is 12.7. The van der Waals surface area contributed by atoms with Crippen molar-refractivity contribution in [1.82, 2.24) is 4.57 Å². The Hall–Kier alpha value is -3.01. The van der Waals surface area contributed by atoms with Gasteiger partial charge >= 0.3 is 5.97 Å². The second-order valence-electron chi connectivity index (χ2n) is 5.95. The Kier molecular flexibility index (Phi) is 3.58. The molecule has 0 spiro atoms. The van der Waals surface area contributed by atoms with Crippen molar-refractivity contribution in [2.24, 2.45) is 7.05 Å². The first kappa shape index (κ1) is 14.6. The third-order valence-electron chi connectivity index (χ3n) is 4.38. The molecule has 4 rings (SSSR count). The van der Waals surface area contributed by atoms with Gasteiger partial charge in [0.15, 0.2) is 11.8 Å². The Morgan fingerprint density at radius 1 is 0.958 bits per heavy atom. The number of hydrogen-bond donors (Lipinski definition) is 0. The van der Waals surface area contributed by atoms with Crippen LogP contribution in [0, 0.1) is 0 Å². The fraction of sp³-hybridized carbons (Fsp3) is 0.150. The van der Waals surface area contributed by atoms with Crippen LogP contribution in [0.3, 0.4) is 0 Å². The van der Waals surface area contributed by atoms with Crippen molar-refractivity contribution in [1.29, 1.82) is 0 Å². The summed E-state index contributed by atoms with van der Waals surface area (Å²) in [6, 6.07) is 21.3. The number of rotatable bonds is 3. The highest BCUT2D eigenvalue weighted by Gasteiger charge is 2.37. The minimum absolute atomic E-state index is 0.244. The molecule has 0 radical (unpaired) electrons. The van der Waals surface area contributed by atoms with E-state index in [2.05, 4.69) is 17.0 Å². The molecule has 1 aliphatic rings. The summed E-state index contributed by atoms with van der Waals surface area (Å²) < 4.78 is 7.57. The number of hydrogen-bond acceptors (Lipinski definition) is 3. The first-order chi connectivity index (χ1) is 11.7. The van der Waals surface area contributed by atoms with Crippen LogP contribution in [0.1, 0.15) is 17.3 Å². The van der Waals surface area contributed by atoms with Gasteiger partial charge < -0.3 is 14.2 Å². The zero-order valence-electron chi connectivity index (χ0n) is 13.4. The van der Waals surface area contributed by atoms with Gasteiger partial charge in [-0.2, -0.15) is 0 Å². The summed E-state index contributed by atoms with van der Waals surface area (Å²) >= 11 is 0. The first-order valence-electron chi connectivity index (χ1n) is 7.96. The molecule has 2 aromatic carbocycles. The van der Waals surface area contributed by atoms with E-state index in [9.17, 15) is 4.79 Å². The van der Waals surface area contributed by atoms with E-state index >= 15 is 0 Å². The lowest BCUT2D eigenvalue weighted by molar-refractivity contribution is -0.137. The molecule has 24 heavy (non-hydrogen) atoms. The number of nitrogens with zero attached hydrogens (tertiary/aromatic N) is 2. The smallest absolute Gasteiger partial charge is 0.340 e. The molecule has 1 atom stereocenters. The van der Waals surface area contributed by atoms with Crippen LogP contribution < -0.4 is 9.64 Å². The second-order valence-corrected chi connectivity index (χ2v) is 5.95. The Morgan fingerprint density at radius 3 is 2.46 bits per heavy atom. The number of benzene rings is 2. The predicted octanol–water partition coefficient (Wildman–Crippen LogP) is 3.69. The number of fused-ring (bicyclic) bond motifs is 1. The summed E-state index contributed by atoms with van der Waals surface area (Å²) in [5.41, 5.74) is 3.01. The number of aromatic nitrogens is 1. The Morgan fingerprint density at radius 2 is 1.71 bits per heavy atom. The van der Waals surface area contributed by atoms with E-state index in [0.717, 1.165) is 16.9 Å². The van der Waals surface area contributed by atoms with Gasteiger partial charge in [0.2, 0.25) is 0 Å². The lowest BCUT2D eigenvalue weighted by Gasteiger charge is -2.37. The van der Waals surface area contributed by atoms with Crippen LogP contribution in [-0.4, -0.2) is 10.5 Å². The molecule has 0 N–H and O–H groups in total. The van der Waals surface area contributed by atoms with Crippen molar-refractivity contribution in [3.63, 3.8) is 0 Å². The minimum atomic E-state index is -0.458. The van der Waals surface area contributed by atoms with Gasteiger partial charge in [-0.15, -0.1) is 0 Å². The zero-order valence-corrected chi connectivity index (χ0v) is 13.4. The maximum Gasteiger partial charge on any atom is 0.340 e. The molecule has 0 aliphatic carbocycles. The molecular weight excluding hydrogens is 300 g/mol. The molecule has 0 saturated carbocycles. The molecule has 4 nitrogen and oxygen atoms in total. The van der Waals surface area contributed by atoms with Gasteiger partial charge in [-0.1, -0.05) is 42.5 Å². The number of para-hydroxylation sites is 2. The number of carbonyl (C=O) groups is 1. The fourth-order valence-electron chi connectivity index (χ4n) is 3.21. The van der Waals surface area contributed by atoms with Crippen molar-refractivity contribution < 1.29 is 9.53 Å². The molecule has 1 aromatic heterocycles. The lowest BCUT2D eigenvalue weighted by atomic mass is 10.1. The number of ether oxygens (including phenoxy) is 1. The van der Waals surface area contributed by atoms with Crippen LogP contribution in [0.2, 0.25) is 0 Å². The van der Waals surface area contributed by atoms with Crippen molar-refractivity contribution in [3.8, 4) is 5.75 Å². The molecular formula is C20H18N2O2. The first-order valence-corrected chi connectivity index (χ1v) is 7.96. The van der Waals surface area contributed by atoms with Crippen LogP contribution in [-0.2, 0) is 18.4 Å². The molecule has 1 unspecified atom stereocenters. The van der Waals surface area contributed by atoms with Crippen molar-refractivity contribution >= 4 is 11.7 Å². The highest BCUT2D eigenvalue weighted by Crippen LogP contribution is 2.40. The van der Waals surface area contributed by atoms with Crippen LogP contribution in [0.25, 0.3) is 0 Å². The standard InChI is InChI=1S/C20H18N2O2/c1-21-13-7-11-17(21)19-20(23)24-18-12-6-5-10-16(18)22(19)14-15-8-3-2-4-9-15/h2-13,19H,14H2,1H3. The summed E-state index contributed by atoms with van der Waals surface area (Å²) in [6.45, 7) is 0.642. The summed E-state index contributed by atoms with van der Waals surface area (Å²) in [6.07, 6.45) is 1.95. The number of esters is 1. The van der Waals surface area contributed by atoms with Gasteiger partial charge in [0.1, 0.15) is 0 Å². The highest BCUT2D eigenvalue weighted by molar-refractivity contribution is 5.88. The van der Waals surface area contributed by atoms with E-state index in [1.54, 1.807) is 0 Å². The van der Waals surface area contributed by atoms with E-state index in [-0.39, 0.29) is 5.97 Å². The third kappa shape index (κ3) is 2.46. The van der Waals surface area contributed by atoms with E-state index in [1.807, 2.05) is 72.4 Å². The maximum atomic E-state index is 12.7. The van der Waals surface area contributed by atoms with Gasteiger partial charge in [-0.25, -0.2) is 4.79 Å².